The average molecular weight is 228 g/mol. The third kappa shape index (κ3) is 3.94. The lowest BCUT2D eigenvalue weighted by Crippen LogP contribution is -2.34. The highest BCUT2D eigenvalue weighted by Gasteiger charge is 2.38. The Kier molecular flexibility index (Phi) is 4.50. The lowest BCUT2D eigenvalue weighted by atomic mass is 10.1. The van der Waals surface area contributed by atoms with Crippen molar-refractivity contribution in [2.45, 2.75) is 51.6 Å². The predicted octanol–water partition coefficient (Wildman–Crippen LogP) is 2.04. The van der Waals surface area contributed by atoms with E-state index in [4.69, 9.17) is 14.2 Å². The van der Waals surface area contributed by atoms with Crippen molar-refractivity contribution in [2.75, 3.05) is 6.61 Å². The molecule has 4 heteroatoms. The van der Waals surface area contributed by atoms with E-state index in [0.717, 1.165) is 6.42 Å². The van der Waals surface area contributed by atoms with Gasteiger partial charge in [-0.05, 0) is 26.7 Å². The zero-order valence-electron chi connectivity index (χ0n) is 10.2. The molecule has 0 bridgehead atoms. The van der Waals surface area contributed by atoms with E-state index >= 15 is 0 Å². The van der Waals surface area contributed by atoms with Crippen molar-refractivity contribution in [2.24, 2.45) is 0 Å². The van der Waals surface area contributed by atoms with Crippen LogP contribution in [0.1, 0.15) is 33.6 Å². The van der Waals surface area contributed by atoms with E-state index in [1.165, 1.54) is 6.92 Å². The molecular weight excluding hydrogens is 208 g/mol. The molecule has 92 valence electrons. The highest BCUT2D eigenvalue weighted by Crippen LogP contribution is 2.27. The van der Waals surface area contributed by atoms with E-state index in [0.29, 0.717) is 13.0 Å². The van der Waals surface area contributed by atoms with E-state index in [1.807, 2.05) is 13.8 Å². The van der Waals surface area contributed by atoms with E-state index in [-0.39, 0.29) is 18.2 Å². The number of hydrogen-bond acceptors (Lipinski definition) is 4. The Morgan fingerprint density at radius 1 is 1.69 bits per heavy atom. The van der Waals surface area contributed by atoms with Crippen molar-refractivity contribution in [3.63, 3.8) is 0 Å². The van der Waals surface area contributed by atoms with Gasteiger partial charge in [0.1, 0.15) is 12.2 Å². The predicted molar refractivity (Wildman–Crippen MR) is 59.9 cm³/mol. The molecule has 0 aromatic rings. The van der Waals surface area contributed by atoms with Gasteiger partial charge in [0.15, 0.2) is 5.79 Å². The Labute approximate surface area is 96.6 Å². The molecule has 1 heterocycles. The Morgan fingerprint density at radius 2 is 2.38 bits per heavy atom. The lowest BCUT2D eigenvalue weighted by molar-refractivity contribution is -0.169. The molecule has 1 fully saturated rings. The van der Waals surface area contributed by atoms with Crippen LogP contribution in [0, 0.1) is 0 Å². The van der Waals surface area contributed by atoms with Gasteiger partial charge in [0.2, 0.25) is 0 Å². The second kappa shape index (κ2) is 5.46. The molecule has 1 aliphatic heterocycles. The summed E-state index contributed by atoms with van der Waals surface area (Å²) < 4.78 is 16.4. The van der Waals surface area contributed by atoms with Crippen LogP contribution in [0.15, 0.2) is 12.7 Å². The van der Waals surface area contributed by atoms with E-state index in [2.05, 4.69) is 6.58 Å². The Hall–Kier alpha value is -0.870. The fourth-order valence-electron chi connectivity index (χ4n) is 1.71. The van der Waals surface area contributed by atoms with Crippen LogP contribution in [0.5, 0.6) is 0 Å². The van der Waals surface area contributed by atoms with Crippen LogP contribution in [-0.2, 0) is 19.0 Å². The quantitative estimate of drug-likeness (QED) is 0.533. The summed E-state index contributed by atoms with van der Waals surface area (Å²) in [4.78, 5) is 11.0. The van der Waals surface area contributed by atoms with E-state index < -0.39 is 5.79 Å². The maximum absolute atomic E-state index is 11.0. The Morgan fingerprint density at radius 3 is 2.81 bits per heavy atom. The topological polar surface area (TPSA) is 44.8 Å². The molecule has 0 aromatic carbocycles. The summed E-state index contributed by atoms with van der Waals surface area (Å²) in [5, 5.41) is 0. The molecule has 1 aliphatic rings. The maximum atomic E-state index is 11.0. The Bertz CT molecular complexity index is 260. The molecule has 0 unspecified atom stereocenters. The second-order valence-electron chi connectivity index (χ2n) is 4.38. The minimum absolute atomic E-state index is 0.182. The highest BCUT2D eigenvalue weighted by molar-refractivity contribution is 5.66. The molecule has 1 rings (SSSR count). The lowest BCUT2D eigenvalue weighted by Gasteiger charge is -2.23. The van der Waals surface area contributed by atoms with Gasteiger partial charge in [-0.3, -0.25) is 4.79 Å². The van der Waals surface area contributed by atoms with Gasteiger partial charge in [0.05, 0.1) is 6.61 Å². The van der Waals surface area contributed by atoms with Gasteiger partial charge < -0.3 is 14.2 Å². The number of allylic oxidation sites excluding steroid dienone is 1. The average Bonchev–Trinajstić information content (AvgIpc) is 2.52. The first kappa shape index (κ1) is 13.2. The first-order chi connectivity index (χ1) is 7.44. The monoisotopic (exact) mass is 228 g/mol. The summed E-state index contributed by atoms with van der Waals surface area (Å²) in [5.74, 6) is -0.876. The van der Waals surface area contributed by atoms with Crippen LogP contribution in [0.3, 0.4) is 0 Å². The number of hydrogen-bond donors (Lipinski definition) is 0. The number of carbonyl (C=O) groups excluding carboxylic acids is 1. The molecule has 0 N–H and O–H groups in total. The van der Waals surface area contributed by atoms with Crippen molar-refractivity contribution < 1.29 is 19.0 Å². The van der Waals surface area contributed by atoms with Crippen molar-refractivity contribution >= 4 is 5.97 Å². The summed E-state index contributed by atoms with van der Waals surface area (Å²) >= 11 is 0. The standard InChI is InChI=1S/C12H20O4/c1-5-6-7-10(15-9(2)13)11-8-14-12(3,4)16-11/h5,10-11H,1,6-8H2,2-4H3/t10-,11+/m0/s1. The zero-order chi connectivity index (χ0) is 12.2. The molecule has 0 radical (unpaired) electrons. The van der Waals surface area contributed by atoms with Gasteiger partial charge in [-0.15, -0.1) is 6.58 Å². The van der Waals surface area contributed by atoms with Crippen LogP contribution in [0.2, 0.25) is 0 Å². The van der Waals surface area contributed by atoms with Gasteiger partial charge in [-0.1, -0.05) is 6.08 Å². The normalized spacial score (nSPS) is 25.1. The summed E-state index contributed by atoms with van der Waals surface area (Å²) in [6, 6.07) is 0. The molecule has 0 saturated carbocycles. The van der Waals surface area contributed by atoms with Crippen LogP contribution in [-0.4, -0.2) is 30.6 Å². The van der Waals surface area contributed by atoms with Crippen LogP contribution in [0.25, 0.3) is 0 Å². The van der Waals surface area contributed by atoms with Crippen molar-refractivity contribution in [3.8, 4) is 0 Å². The zero-order valence-corrected chi connectivity index (χ0v) is 10.2. The van der Waals surface area contributed by atoms with Gasteiger partial charge in [0, 0.05) is 6.92 Å². The molecule has 0 aromatic heterocycles. The number of carbonyl (C=O) groups is 1. The number of ether oxygens (including phenoxy) is 3. The summed E-state index contributed by atoms with van der Waals surface area (Å²) in [6.07, 6.45) is 2.87. The summed E-state index contributed by atoms with van der Waals surface area (Å²) in [5.41, 5.74) is 0. The molecule has 0 spiro atoms. The van der Waals surface area contributed by atoms with E-state index in [9.17, 15) is 4.79 Å². The minimum atomic E-state index is -0.586. The Balaban J connectivity index is 2.54. The fourth-order valence-corrected chi connectivity index (χ4v) is 1.71. The van der Waals surface area contributed by atoms with Gasteiger partial charge in [0.25, 0.3) is 0 Å². The van der Waals surface area contributed by atoms with Crippen molar-refractivity contribution in [1.29, 1.82) is 0 Å². The van der Waals surface area contributed by atoms with Crippen LogP contribution >= 0.6 is 0 Å². The first-order valence-corrected chi connectivity index (χ1v) is 5.54. The molecule has 16 heavy (non-hydrogen) atoms. The fraction of sp³-hybridized carbons (Fsp3) is 0.750. The largest absolute Gasteiger partial charge is 0.460 e. The molecule has 1 saturated heterocycles. The van der Waals surface area contributed by atoms with Gasteiger partial charge in [-0.2, -0.15) is 0 Å². The summed E-state index contributed by atoms with van der Waals surface area (Å²) in [7, 11) is 0. The first-order valence-electron chi connectivity index (χ1n) is 5.54. The van der Waals surface area contributed by atoms with Crippen LogP contribution < -0.4 is 0 Å². The SMILES string of the molecule is C=CCC[C@H](OC(C)=O)[C@H]1COC(C)(C)O1. The molecule has 0 amide bonds. The van der Waals surface area contributed by atoms with Crippen LogP contribution in [0.4, 0.5) is 0 Å². The minimum Gasteiger partial charge on any atom is -0.460 e. The highest BCUT2D eigenvalue weighted by atomic mass is 16.7. The molecule has 2 atom stereocenters. The van der Waals surface area contributed by atoms with E-state index in [1.54, 1.807) is 6.08 Å². The maximum Gasteiger partial charge on any atom is 0.302 e. The third-order valence-electron chi connectivity index (χ3n) is 2.42. The number of esters is 1. The van der Waals surface area contributed by atoms with Crippen molar-refractivity contribution in [1.82, 2.24) is 0 Å². The van der Waals surface area contributed by atoms with Gasteiger partial charge >= 0.3 is 5.97 Å². The summed E-state index contributed by atoms with van der Waals surface area (Å²) in [6.45, 7) is 9.22. The molecule has 0 aliphatic carbocycles. The number of rotatable bonds is 5. The van der Waals surface area contributed by atoms with Crippen molar-refractivity contribution in [3.05, 3.63) is 12.7 Å². The molecular formula is C12H20O4. The smallest absolute Gasteiger partial charge is 0.302 e. The molecule has 4 nitrogen and oxygen atoms in total. The third-order valence-corrected chi connectivity index (χ3v) is 2.42. The second-order valence-corrected chi connectivity index (χ2v) is 4.38. The van der Waals surface area contributed by atoms with Gasteiger partial charge in [-0.25, -0.2) is 0 Å².